The molecule has 0 radical (unpaired) electrons. The van der Waals surface area contributed by atoms with Gasteiger partial charge in [0.05, 0.1) is 0 Å². The Hall–Kier alpha value is -0.0400. The van der Waals surface area contributed by atoms with Gasteiger partial charge in [0.2, 0.25) is 0 Å². The van der Waals surface area contributed by atoms with Crippen molar-refractivity contribution in [2.45, 2.75) is 72.3 Å². The molecule has 3 atom stereocenters. The van der Waals surface area contributed by atoms with Crippen LogP contribution in [0.2, 0.25) is 0 Å². The highest BCUT2D eigenvalue weighted by Crippen LogP contribution is 2.38. The van der Waals surface area contributed by atoms with Gasteiger partial charge < -0.3 is 5.73 Å². The van der Waals surface area contributed by atoms with E-state index in [0.29, 0.717) is 11.5 Å². The zero-order chi connectivity index (χ0) is 11.5. The zero-order valence-corrected chi connectivity index (χ0v) is 11.1. The quantitative estimate of drug-likeness (QED) is 0.748. The van der Waals surface area contributed by atoms with Crippen molar-refractivity contribution < 1.29 is 0 Å². The molecule has 0 aromatic heterocycles. The van der Waals surface area contributed by atoms with Crippen LogP contribution in [0.3, 0.4) is 0 Å². The first-order chi connectivity index (χ1) is 7.01. The number of hydrogen-bond donors (Lipinski definition) is 1. The first kappa shape index (κ1) is 13.0. The first-order valence-corrected chi connectivity index (χ1v) is 6.76. The number of rotatable bonds is 4. The molecule has 1 saturated carbocycles. The highest BCUT2D eigenvalue weighted by Gasteiger charge is 2.33. The minimum atomic E-state index is 0.320. The molecule has 1 aliphatic rings. The Labute approximate surface area is 95.8 Å². The Bertz CT molecular complexity index is 186. The highest BCUT2D eigenvalue weighted by atomic mass is 14.7. The highest BCUT2D eigenvalue weighted by molar-refractivity contribution is 4.88. The molecule has 0 aromatic carbocycles. The summed E-state index contributed by atoms with van der Waals surface area (Å²) < 4.78 is 0. The van der Waals surface area contributed by atoms with E-state index in [2.05, 4.69) is 27.7 Å². The predicted octanol–water partition coefficient (Wildman–Crippen LogP) is 3.97. The van der Waals surface area contributed by atoms with Crippen LogP contribution in [0.4, 0.5) is 0 Å². The smallest absolute Gasteiger partial charge is 0.0119 e. The molecule has 1 aliphatic carbocycles. The van der Waals surface area contributed by atoms with Gasteiger partial charge in [-0.3, -0.25) is 0 Å². The monoisotopic (exact) mass is 211 g/mol. The lowest BCUT2D eigenvalue weighted by molar-refractivity contribution is 0.143. The van der Waals surface area contributed by atoms with Gasteiger partial charge in [-0.15, -0.1) is 0 Å². The SMILES string of the molecule is CCC1CCCC(C(N)C(C)(C)CC)C1. The van der Waals surface area contributed by atoms with E-state index in [1.165, 1.54) is 38.5 Å². The fourth-order valence-electron chi connectivity index (χ4n) is 2.90. The lowest BCUT2D eigenvalue weighted by atomic mass is 9.68. The average molecular weight is 211 g/mol. The molecule has 0 aromatic rings. The van der Waals surface area contributed by atoms with Gasteiger partial charge in [-0.2, -0.15) is 0 Å². The van der Waals surface area contributed by atoms with Crippen molar-refractivity contribution in [1.29, 1.82) is 0 Å². The molecule has 90 valence electrons. The van der Waals surface area contributed by atoms with E-state index in [-0.39, 0.29) is 0 Å². The molecule has 0 saturated heterocycles. The molecule has 2 N–H and O–H groups in total. The van der Waals surface area contributed by atoms with Crippen LogP contribution in [0.15, 0.2) is 0 Å². The third-order valence-electron chi connectivity index (χ3n) is 4.72. The van der Waals surface area contributed by atoms with Crippen LogP contribution in [0.1, 0.15) is 66.2 Å². The summed E-state index contributed by atoms with van der Waals surface area (Å²) in [5.41, 5.74) is 6.77. The van der Waals surface area contributed by atoms with E-state index >= 15 is 0 Å². The Morgan fingerprint density at radius 1 is 1.27 bits per heavy atom. The topological polar surface area (TPSA) is 26.0 Å². The molecule has 1 heteroatoms. The molecular formula is C14H29N. The van der Waals surface area contributed by atoms with E-state index in [9.17, 15) is 0 Å². The Kier molecular flexibility index (Phi) is 4.64. The van der Waals surface area contributed by atoms with Gasteiger partial charge in [0.15, 0.2) is 0 Å². The summed E-state index contributed by atoms with van der Waals surface area (Å²) in [6.45, 7) is 9.24. The van der Waals surface area contributed by atoms with Crippen molar-refractivity contribution in [2.24, 2.45) is 23.0 Å². The number of nitrogens with two attached hydrogens (primary N) is 1. The van der Waals surface area contributed by atoms with Crippen LogP contribution >= 0.6 is 0 Å². The van der Waals surface area contributed by atoms with Crippen LogP contribution in [0.25, 0.3) is 0 Å². The van der Waals surface area contributed by atoms with Gasteiger partial charge in [-0.25, -0.2) is 0 Å². The Balaban J connectivity index is 2.55. The fraction of sp³-hybridized carbons (Fsp3) is 1.00. The molecular weight excluding hydrogens is 182 g/mol. The zero-order valence-electron chi connectivity index (χ0n) is 11.1. The van der Waals surface area contributed by atoms with Gasteiger partial charge in [0, 0.05) is 6.04 Å². The van der Waals surface area contributed by atoms with E-state index in [0.717, 1.165) is 11.8 Å². The largest absolute Gasteiger partial charge is 0.327 e. The van der Waals surface area contributed by atoms with E-state index in [1.807, 2.05) is 0 Å². The molecule has 1 nitrogen and oxygen atoms in total. The van der Waals surface area contributed by atoms with Crippen molar-refractivity contribution in [2.75, 3.05) is 0 Å². The summed E-state index contributed by atoms with van der Waals surface area (Å²) in [6.07, 6.45) is 8.11. The van der Waals surface area contributed by atoms with Crippen LogP contribution in [-0.2, 0) is 0 Å². The Morgan fingerprint density at radius 3 is 2.47 bits per heavy atom. The maximum atomic E-state index is 6.45. The summed E-state index contributed by atoms with van der Waals surface area (Å²) >= 11 is 0. The van der Waals surface area contributed by atoms with Crippen LogP contribution in [0.5, 0.6) is 0 Å². The van der Waals surface area contributed by atoms with Crippen molar-refractivity contribution in [3.63, 3.8) is 0 Å². The van der Waals surface area contributed by atoms with Gasteiger partial charge in [-0.05, 0) is 36.5 Å². The maximum Gasteiger partial charge on any atom is 0.0119 e. The minimum absolute atomic E-state index is 0.320. The summed E-state index contributed by atoms with van der Waals surface area (Å²) in [5.74, 6) is 1.72. The molecule has 0 spiro atoms. The molecule has 1 rings (SSSR count). The van der Waals surface area contributed by atoms with Gasteiger partial charge in [0.25, 0.3) is 0 Å². The van der Waals surface area contributed by atoms with E-state index in [1.54, 1.807) is 0 Å². The Morgan fingerprint density at radius 2 is 1.93 bits per heavy atom. The molecule has 0 amide bonds. The third kappa shape index (κ3) is 3.21. The summed E-state index contributed by atoms with van der Waals surface area (Å²) in [5, 5.41) is 0. The van der Waals surface area contributed by atoms with Crippen molar-refractivity contribution in [3.05, 3.63) is 0 Å². The molecule has 0 heterocycles. The van der Waals surface area contributed by atoms with E-state index < -0.39 is 0 Å². The van der Waals surface area contributed by atoms with Gasteiger partial charge >= 0.3 is 0 Å². The summed E-state index contributed by atoms with van der Waals surface area (Å²) in [7, 11) is 0. The number of hydrogen-bond acceptors (Lipinski definition) is 1. The summed E-state index contributed by atoms with van der Waals surface area (Å²) in [6, 6.07) is 0.400. The van der Waals surface area contributed by atoms with Crippen LogP contribution in [-0.4, -0.2) is 6.04 Å². The third-order valence-corrected chi connectivity index (χ3v) is 4.72. The lowest BCUT2D eigenvalue weighted by Crippen LogP contribution is -2.44. The maximum absolute atomic E-state index is 6.45. The second-order valence-corrected chi connectivity index (χ2v) is 6.07. The van der Waals surface area contributed by atoms with Gasteiger partial charge in [-0.1, -0.05) is 47.0 Å². The van der Waals surface area contributed by atoms with Crippen molar-refractivity contribution in [1.82, 2.24) is 0 Å². The van der Waals surface area contributed by atoms with Crippen molar-refractivity contribution >= 4 is 0 Å². The van der Waals surface area contributed by atoms with Crippen LogP contribution < -0.4 is 5.73 Å². The second-order valence-electron chi connectivity index (χ2n) is 6.07. The fourth-order valence-corrected chi connectivity index (χ4v) is 2.90. The van der Waals surface area contributed by atoms with Crippen LogP contribution in [0, 0.1) is 17.3 Å². The molecule has 0 aliphatic heterocycles. The van der Waals surface area contributed by atoms with Crippen molar-refractivity contribution in [3.8, 4) is 0 Å². The normalized spacial score (nSPS) is 30.2. The average Bonchev–Trinajstić information content (AvgIpc) is 2.28. The molecule has 0 bridgehead atoms. The van der Waals surface area contributed by atoms with E-state index in [4.69, 9.17) is 5.73 Å². The molecule has 15 heavy (non-hydrogen) atoms. The summed E-state index contributed by atoms with van der Waals surface area (Å²) in [4.78, 5) is 0. The van der Waals surface area contributed by atoms with Gasteiger partial charge in [0.1, 0.15) is 0 Å². The molecule has 1 fully saturated rings. The first-order valence-electron chi connectivity index (χ1n) is 6.76. The molecule has 3 unspecified atom stereocenters. The standard InChI is InChI=1S/C14H29N/c1-5-11-8-7-9-12(10-11)13(15)14(3,4)6-2/h11-13H,5-10,15H2,1-4H3. The minimum Gasteiger partial charge on any atom is -0.327 e. The predicted molar refractivity (Wildman–Crippen MR) is 67.8 cm³/mol. The second kappa shape index (κ2) is 5.34. The lowest BCUT2D eigenvalue weighted by Gasteiger charge is -2.40.